The number of pyridine rings is 1. The predicted molar refractivity (Wildman–Crippen MR) is 145 cm³/mol. The normalized spacial score (nSPS) is 11.8. The second-order valence-corrected chi connectivity index (χ2v) is 10.0. The molecule has 2 heterocycles. The molecule has 0 aliphatic heterocycles. The summed E-state index contributed by atoms with van der Waals surface area (Å²) < 4.78 is 17.5. The monoisotopic (exact) mass is 531 g/mol. The van der Waals surface area contributed by atoms with Gasteiger partial charge in [-0.2, -0.15) is 5.26 Å². The lowest BCUT2D eigenvalue weighted by Crippen LogP contribution is -2.12. The molecule has 3 N–H and O–H groups in total. The Morgan fingerprint density at radius 2 is 1.92 bits per heavy atom. The number of likely N-dealkylation sites (N-methyl/N-ethyl adjacent to an activating group) is 1. The lowest BCUT2D eigenvalue weighted by atomic mass is 10.0. The molecule has 0 unspecified atom stereocenters. The van der Waals surface area contributed by atoms with E-state index in [1.54, 1.807) is 42.7 Å². The van der Waals surface area contributed by atoms with E-state index in [0.717, 1.165) is 22.3 Å². The third-order valence-corrected chi connectivity index (χ3v) is 6.04. The lowest BCUT2D eigenvalue weighted by Gasteiger charge is -2.09. The molecular weight excluding hydrogens is 505 g/mol. The number of nitrogens with zero attached hydrogens (tertiary/aromatic N) is 4. The SMILES string of the molecule is CN(C)C/C=C/C(=O)Nc1cccc(-c2cnc3c(c2)c(-c2cccc(C#N)c2)cn3COP(=O)(O)O)c1. The summed E-state index contributed by atoms with van der Waals surface area (Å²) in [6.07, 6.45) is 6.60. The molecule has 0 bridgehead atoms. The molecule has 38 heavy (non-hydrogen) atoms. The fourth-order valence-corrected chi connectivity index (χ4v) is 4.16. The third-order valence-electron chi connectivity index (χ3n) is 5.58. The van der Waals surface area contributed by atoms with E-state index < -0.39 is 14.6 Å². The standard InChI is InChI=1S/C27H26N5O5P/c1-31(2)11-5-10-26(33)30-23-9-4-7-20(13-23)22-14-24-25(21-8-3-6-19(12-21)15-28)17-32(27(24)29-16-22)18-37-38(34,35)36/h3-10,12-14,16-17H,11,18H2,1-2H3,(H,30,33)(H2,34,35,36)/b10-5+. The van der Waals surface area contributed by atoms with E-state index in [1.165, 1.54) is 10.6 Å². The number of fused-ring (bicyclic) bond motifs is 1. The van der Waals surface area contributed by atoms with E-state index in [2.05, 4.69) is 16.4 Å². The smallest absolute Gasteiger partial charge is 0.323 e. The summed E-state index contributed by atoms with van der Waals surface area (Å²) in [4.78, 5) is 37.1. The Labute approximate surface area is 219 Å². The van der Waals surface area contributed by atoms with Crippen molar-refractivity contribution < 1.29 is 23.7 Å². The van der Waals surface area contributed by atoms with Crippen LogP contribution in [0.2, 0.25) is 0 Å². The van der Waals surface area contributed by atoms with Gasteiger partial charge in [-0.15, -0.1) is 0 Å². The van der Waals surface area contributed by atoms with Crippen molar-refractivity contribution in [1.82, 2.24) is 14.5 Å². The van der Waals surface area contributed by atoms with E-state index in [4.69, 9.17) is 4.52 Å². The number of phosphoric acid groups is 1. The quantitative estimate of drug-likeness (QED) is 0.214. The first-order chi connectivity index (χ1) is 18.1. The van der Waals surface area contributed by atoms with Gasteiger partial charge in [-0.05, 0) is 55.6 Å². The Kier molecular flexibility index (Phi) is 8.17. The van der Waals surface area contributed by atoms with E-state index in [9.17, 15) is 24.4 Å². The van der Waals surface area contributed by atoms with Gasteiger partial charge in [-0.3, -0.25) is 9.32 Å². The minimum absolute atomic E-state index is 0.237. The molecule has 0 saturated heterocycles. The van der Waals surface area contributed by atoms with Crippen LogP contribution >= 0.6 is 7.82 Å². The lowest BCUT2D eigenvalue weighted by molar-refractivity contribution is -0.111. The highest BCUT2D eigenvalue weighted by Crippen LogP contribution is 2.38. The summed E-state index contributed by atoms with van der Waals surface area (Å²) in [5, 5.41) is 12.9. The molecule has 0 spiro atoms. The average molecular weight is 532 g/mol. The summed E-state index contributed by atoms with van der Waals surface area (Å²) in [6, 6.07) is 18.4. The molecule has 194 valence electrons. The van der Waals surface area contributed by atoms with Crippen molar-refractivity contribution in [2.75, 3.05) is 26.0 Å². The van der Waals surface area contributed by atoms with Crippen molar-refractivity contribution in [2.24, 2.45) is 0 Å². The Bertz CT molecular complexity index is 1600. The molecule has 10 nitrogen and oxygen atoms in total. The zero-order valence-electron chi connectivity index (χ0n) is 20.8. The van der Waals surface area contributed by atoms with Gasteiger partial charge in [-0.25, -0.2) is 9.55 Å². The Hall–Kier alpha value is -4.10. The van der Waals surface area contributed by atoms with Crippen LogP contribution in [0.3, 0.4) is 0 Å². The first kappa shape index (κ1) is 26.9. The topological polar surface area (TPSA) is 141 Å². The van der Waals surface area contributed by atoms with Crippen molar-refractivity contribution >= 4 is 30.5 Å². The zero-order valence-corrected chi connectivity index (χ0v) is 21.7. The molecule has 0 saturated carbocycles. The Morgan fingerprint density at radius 3 is 2.66 bits per heavy atom. The number of hydrogen-bond acceptors (Lipinski definition) is 6. The van der Waals surface area contributed by atoms with E-state index in [-0.39, 0.29) is 5.91 Å². The summed E-state index contributed by atoms with van der Waals surface area (Å²) >= 11 is 0. The Balaban J connectivity index is 1.72. The molecule has 0 aliphatic rings. The molecule has 0 fully saturated rings. The number of amides is 1. The minimum atomic E-state index is -4.70. The van der Waals surface area contributed by atoms with Crippen LogP contribution in [-0.4, -0.2) is 50.8 Å². The number of aromatic nitrogens is 2. The number of carbonyl (C=O) groups is 1. The van der Waals surface area contributed by atoms with Crippen molar-refractivity contribution in [1.29, 1.82) is 5.26 Å². The van der Waals surface area contributed by atoms with Crippen molar-refractivity contribution in [3.8, 4) is 28.3 Å². The van der Waals surface area contributed by atoms with Crippen molar-refractivity contribution in [3.05, 3.63) is 84.7 Å². The molecule has 4 rings (SSSR count). The summed E-state index contributed by atoms with van der Waals surface area (Å²) in [7, 11) is -0.869. The first-order valence-electron chi connectivity index (χ1n) is 11.5. The maximum Gasteiger partial charge on any atom is 0.471 e. The highest BCUT2D eigenvalue weighted by Gasteiger charge is 2.18. The number of nitrogens with one attached hydrogen (secondary N) is 1. The van der Waals surface area contributed by atoms with Crippen LogP contribution in [0.4, 0.5) is 5.69 Å². The third kappa shape index (κ3) is 6.81. The summed E-state index contributed by atoms with van der Waals surface area (Å²) in [5.41, 5.74) is 4.59. The van der Waals surface area contributed by atoms with Crippen LogP contribution in [0.1, 0.15) is 5.56 Å². The van der Waals surface area contributed by atoms with Gasteiger partial charge in [0.1, 0.15) is 12.4 Å². The molecule has 0 atom stereocenters. The van der Waals surface area contributed by atoms with Gasteiger partial charge >= 0.3 is 7.82 Å². The van der Waals surface area contributed by atoms with Crippen LogP contribution in [0.15, 0.2) is 79.1 Å². The van der Waals surface area contributed by atoms with Crippen molar-refractivity contribution in [2.45, 2.75) is 6.73 Å². The van der Waals surface area contributed by atoms with Crippen LogP contribution in [0.25, 0.3) is 33.3 Å². The van der Waals surface area contributed by atoms with E-state index >= 15 is 0 Å². The summed E-state index contributed by atoms with van der Waals surface area (Å²) in [5.74, 6) is -0.237. The van der Waals surface area contributed by atoms with E-state index in [1.807, 2.05) is 49.3 Å². The Morgan fingerprint density at radius 1 is 1.16 bits per heavy atom. The van der Waals surface area contributed by atoms with Gasteiger partial charge in [0.25, 0.3) is 0 Å². The average Bonchev–Trinajstić information content (AvgIpc) is 3.25. The molecule has 2 aromatic carbocycles. The molecule has 2 aromatic heterocycles. The number of phosphoric ester groups is 1. The fraction of sp³-hybridized carbons (Fsp3) is 0.148. The number of rotatable bonds is 9. The van der Waals surface area contributed by atoms with Crippen LogP contribution in [0.5, 0.6) is 0 Å². The maximum absolute atomic E-state index is 12.3. The summed E-state index contributed by atoms with van der Waals surface area (Å²) in [6.45, 7) is 0.242. The number of hydrogen-bond donors (Lipinski definition) is 3. The van der Waals surface area contributed by atoms with Gasteiger partial charge in [0, 0.05) is 47.2 Å². The van der Waals surface area contributed by atoms with Crippen LogP contribution in [-0.2, 0) is 20.6 Å². The van der Waals surface area contributed by atoms with Crippen molar-refractivity contribution in [3.63, 3.8) is 0 Å². The zero-order chi connectivity index (χ0) is 27.3. The molecule has 1 amide bonds. The van der Waals surface area contributed by atoms with Gasteiger partial charge in [0.05, 0.1) is 11.6 Å². The second kappa shape index (κ2) is 11.5. The molecular formula is C27H26N5O5P. The van der Waals surface area contributed by atoms with Crippen LogP contribution in [0, 0.1) is 11.3 Å². The number of carbonyl (C=O) groups excluding carboxylic acids is 1. The molecule has 4 aromatic rings. The fourth-order valence-electron chi connectivity index (χ4n) is 3.88. The van der Waals surface area contributed by atoms with Gasteiger partial charge < -0.3 is 24.6 Å². The second-order valence-electron chi connectivity index (χ2n) is 8.78. The minimum Gasteiger partial charge on any atom is -0.323 e. The highest BCUT2D eigenvalue weighted by atomic mass is 31.2. The van der Waals surface area contributed by atoms with Gasteiger partial charge in [-0.1, -0.05) is 30.3 Å². The number of anilines is 1. The molecule has 0 radical (unpaired) electrons. The van der Waals surface area contributed by atoms with Crippen LogP contribution < -0.4 is 5.32 Å². The molecule has 0 aliphatic carbocycles. The van der Waals surface area contributed by atoms with E-state index in [0.29, 0.717) is 28.8 Å². The first-order valence-corrected chi connectivity index (χ1v) is 13.1. The number of benzene rings is 2. The largest absolute Gasteiger partial charge is 0.471 e. The predicted octanol–water partition coefficient (Wildman–Crippen LogP) is 4.37. The maximum atomic E-state index is 12.3. The van der Waals surface area contributed by atoms with Gasteiger partial charge in [0.15, 0.2) is 0 Å². The highest BCUT2D eigenvalue weighted by molar-refractivity contribution is 7.46. The number of nitriles is 1. The molecule has 11 heteroatoms. The van der Waals surface area contributed by atoms with Gasteiger partial charge in [0.2, 0.25) is 5.91 Å².